The number of rotatable bonds is 7. The third-order valence-corrected chi connectivity index (χ3v) is 6.19. The first kappa shape index (κ1) is 20.8. The Kier molecular flexibility index (Phi) is 6.01. The van der Waals surface area contributed by atoms with Crippen molar-refractivity contribution in [2.45, 2.75) is 57.1 Å². The van der Waals surface area contributed by atoms with E-state index in [9.17, 15) is 9.90 Å². The van der Waals surface area contributed by atoms with Crippen LogP contribution in [0, 0.1) is 0 Å². The normalized spacial score (nSPS) is 22.0. The molecule has 2 heterocycles. The molecule has 2 aromatic rings. The molecule has 0 radical (unpaired) electrons. The molecule has 7 nitrogen and oxygen atoms in total. The van der Waals surface area contributed by atoms with E-state index in [0.29, 0.717) is 24.5 Å². The van der Waals surface area contributed by atoms with Gasteiger partial charge in [0.2, 0.25) is 13.1 Å². The lowest BCUT2D eigenvalue weighted by atomic mass is 9.91. The molecule has 5 rings (SSSR count). The molecule has 0 bridgehead atoms. The molecule has 1 amide bonds. The number of hydrogen-bond donors (Lipinski definition) is 2. The summed E-state index contributed by atoms with van der Waals surface area (Å²) in [5.41, 5.74) is 2.84. The predicted molar refractivity (Wildman–Crippen MR) is 116 cm³/mol. The van der Waals surface area contributed by atoms with Crippen LogP contribution in [-0.2, 0) is 27.5 Å². The molecule has 0 saturated heterocycles. The highest BCUT2D eigenvalue weighted by Gasteiger charge is 2.31. The van der Waals surface area contributed by atoms with Gasteiger partial charge in [0.05, 0.1) is 13.2 Å². The van der Waals surface area contributed by atoms with Crippen molar-refractivity contribution in [2.75, 3.05) is 6.79 Å². The number of ether oxygens (including phenoxy) is 4. The summed E-state index contributed by atoms with van der Waals surface area (Å²) in [6.07, 6.45) is 5.06. The number of allylic oxidation sites excluding steroid dienone is 1. The van der Waals surface area contributed by atoms with Crippen molar-refractivity contribution in [2.24, 2.45) is 0 Å². The summed E-state index contributed by atoms with van der Waals surface area (Å²) in [5.74, 6) is 1.49. The number of benzene rings is 2. The van der Waals surface area contributed by atoms with Crippen LogP contribution >= 0.6 is 0 Å². The Morgan fingerprint density at radius 3 is 2.59 bits per heavy atom. The van der Waals surface area contributed by atoms with E-state index >= 15 is 0 Å². The van der Waals surface area contributed by atoms with Crippen molar-refractivity contribution in [3.05, 3.63) is 71.0 Å². The Hall–Kier alpha value is -3.03. The fourth-order valence-electron chi connectivity index (χ4n) is 4.03. The monoisotopic (exact) mass is 437 g/mol. The van der Waals surface area contributed by atoms with Gasteiger partial charge in [-0.3, -0.25) is 4.79 Å². The van der Waals surface area contributed by atoms with Crippen molar-refractivity contribution in [1.82, 2.24) is 5.32 Å². The molecule has 2 N–H and O–H groups in total. The van der Waals surface area contributed by atoms with Gasteiger partial charge in [-0.15, -0.1) is 0 Å². The summed E-state index contributed by atoms with van der Waals surface area (Å²) in [7, 11) is 0. The second-order valence-electron chi connectivity index (χ2n) is 8.42. The van der Waals surface area contributed by atoms with Crippen LogP contribution in [0.2, 0.25) is 0 Å². The number of amides is 1. The van der Waals surface area contributed by atoms with Crippen LogP contribution in [0.5, 0.6) is 11.5 Å². The summed E-state index contributed by atoms with van der Waals surface area (Å²) >= 11 is 0. The molecule has 0 aromatic heterocycles. The minimum Gasteiger partial charge on any atom is -0.459 e. The maximum Gasteiger partial charge on any atom is 0.286 e. The van der Waals surface area contributed by atoms with Crippen molar-refractivity contribution in [1.29, 1.82) is 0 Å². The Morgan fingerprint density at radius 1 is 1.06 bits per heavy atom. The average molecular weight is 437 g/mol. The SMILES string of the molecule is O=C(NC1CCC1)C1=C[C@H](c2ccc3c(c2)OCO3)C[C@H](OCc2ccc(CO)cc2)O1. The van der Waals surface area contributed by atoms with Crippen LogP contribution in [0.1, 0.15) is 48.3 Å². The molecular weight excluding hydrogens is 410 g/mol. The van der Waals surface area contributed by atoms with Gasteiger partial charge in [0.1, 0.15) is 0 Å². The maximum absolute atomic E-state index is 12.8. The third-order valence-electron chi connectivity index (χ3n) is 6.19. The largest absolute Gasteiger partial charge is 0.459 e. The van der Waals surface area contributed by atoms with Crippen molar-refractivity contribution < 1.29 is 28.8 Å². The highest BCUT2D eigenvalue weighted by atomic mass is 16.7. The number of carbonyl (C=O) groups is 1. The molecular formula is C25H27NO6. The highest BCUT2D eigenvalue weighted by Crippen LogP contribution is 2.38. The summed E-state index contributed by atoms with van der Waals surface area (Å²) in [4.78, 5) is 12.8. The van der Waals surface area contributed by atoms with Gasteiger partial charge in [0, 0.05) is 18.4 Å². The number of aliphatic hydroxyl groups is 1. The van der Waals surface area contributed by atoms with Gasteiger partial charge in [-0.25, -0.2) is 0 Å². The van der Waals surface area contributed by atoms with Crippen LogP contribution < -0.4 is 14.8 Å². The number of aliphatic hydroxyl groups excluding tert-OH is 1. The lowest BCUT2D eigenvalue weighted by Gasteiger charge is -2.31. The summed E-state index contributed by atoms with van der Waals surface area (Å²) < 4.78 is 23.0. The van der Waals surface area contributed by atoms with Gasteiger partial charge in [-0.05, 0) is 54.2 Å². The first-order chi connectivity index (χ1) is 15.7. The molecule has 0 unspecified atom stereocenters. The second kappa shape index (κ2) is 9.22. The number of fused-ring (bicyclic) bond motifs is 1. The van der Waals surface area contributed by atoms with Gasteiger partial charge in [-0.1, -0.05) is 30.3 Å². The molecule has 168 valence electrons. The lowest BCUT2D eigenvalue weighted by Crippen LogP contribution is -2.42. The maximum atomic E-state index is 12.8. The van der Waals surface area contributed by atoms with Gasteiger partial charge in [0.25, 0.3) is 5.91 Å². The number of carbonyl (C=O) groups excluding carboxylic acids is 1. The fraction of sp³-hybridized carbons (Fsp3) is 0.400. The Labute approximate surface area is 186 Å². The zero-order valence-electron chi connectivity index (χ0n) is 17.8. The molecule has 7 heteroatoms. The predicted octanol–water partition coefficient (Wildman–Crippen LogP) is 3.51. The summed E-state index contributed by atoms with van der Waals surface area (Å²) in [6, 6.07) is 13.6. The van der Waals surface area contributed by atoms with E-state index < -0.39 is 6.29 Å². The van der Waals surface area contributed by atoms with E-state index in [0.717, 1.165) is 41.7 Å². The van der Waals surface area contributed by atoms with Gasteiger partial charge in [0.15, 0.2) is 17.3 Å². The van der Waals surface area contributed by atoms with E-state index in [1.54, 1.807) is 0 Å². The minimum absolute atomic E-state index is 0.00828. The lowest BCUT2D eigenvalue weighted by molar-refractivity contribution is -0.150. The van der Waals surface area contributed by atoms with Gasteiger partial charge >= 0.3 is 0 Å². The van der Waals surface area contributed by atoms with E-state index in [-0.39, 0.29) is 31.3 Å². The molecule has 3 aliphatic rings. The molecule has 0 spiro atoms. The van der Waals surface area contributed by atoms with Crippen LogP contribution in [-0.4, -0.2) is 30.1 Å². The van der Waals surface area contributed by atoms with Crippen LogP contribution in [0.3, 0.4) is 0 Å². The Morgan fingerprint density at radius 2 is 1.84 bits per heavy atom. The number of hydrogen-bond acceptors (Lipinski definition) is 6. The minimum atomic E-state index is -0.560. The topological polar surface area (TPSA) is 86.3 Å². The smallest absolute Gasteiger partial charge is 0.286 e. The highest BCUT2D eigenvalue weighted by molar-refractivity contribution is 5.92. The van der Waals surface area contributed by atoms with Crippen LogP contribution in [0.4, 0.5) is 0 Å². The van der Waals surface area contributed by atoms with E-state index in [1.165, 1.54) is 0 Å². The number of nitrogens with one attached hydrogen (secondary N) is 1. The van der Waals surface area contributed by atoms with E-state index in [2.05, 4.69) is 5.32 Å². The molecule has 2 atom stereocenters. The first-order valence-corrected chi connectivity index (χ1v) is 11.1. The Bertz CT molecular complexity index is 998. The summed E-state index contributed by atoms with van der Waals surface area (Å²) in [5, 5.41) is 12.3. The summed E-state index contributed by atoms with van der Waals surface area (Å²) in [6.45, 7) is 0.578. The first-order valence-electron chi connectivity index (χ1n) is 11.1. The molecule has 1 aliphatic carbocycles. The van der Waals surface area contributed by atoms with Gasteiger partial charge in [-0.2, -0.15) is 0 Å². The zero-order valence-corrected chi connectivity index (χ0v) is 17.8. The van der Waals surface area contributed by atoms with Gasteiger partial charge < -0.3 is 29.4 Å². The van der Waals surface area contributed by atoms with E-state index in [4.69, 9.17) is 18.9 Å². The van der Waals surface area contributed by atoms with Crippen molar-refractivity contribution in [3.8, 4) is 11.5 Å². The standard InChI is InChI=1S/C25H27NO6/c27-13-16-4-6-17(7-5-16)14-29-24-12-19(18-8-9-21-22(10-18)31-15-30-21)11-23(32-24)25(28)26-20-2-1-3-20/h4-11,19-20,24,27H,1-3,12-15H2,(H,26,28)/t19-,24+/m0/s1. The molecule has 2 aliphatic heterocycles. The molecule has 2 aromatic carbocycles. The quantitative estimate of drug-likeness (QED) is 0.690. The van der Waals surface area contributed by atoms with Crippen LogP contribution in [0.15, 0.2) is 54.3 Å². The zero-order chi connectivity index (χ0) is 21.9. The van der Waals surface area contributed by atoms with Crippen molar-refractivity contribution in [3.63, 3.8) is 0 Å². The molecule has 1 saturated carbocycles. The van der Waals surface area contributed by atoms with Crippen LogP contribution in [0.25, 0.3) is 0 Å². The van der Waals surface area contributed by atoms with Crippen molar-refractivity contribution >= 4 is 5.91 Å². The molecule has 1 fully saturated rings. The third kappa shape index (κ3) is 4.59. The molecule has 32 heavy (non-hydrogen) atoms. The average Bonchev–Trinajstić information content (AvgIpc) is 3.28. The second-order valence-corrected chi connectivity index (χ2v) is 8.42. The Balaban J connectivity index is 1.32. The van der Waals surface area contributed by atoms with E-state index in [1.807, 2.05) is 48.5 Å². The fourth-order valence-corrected chi connectivity index (χ4v) is 4.03.